The zero-order valence-corrected chi connectivity index (χ0v) is 11.9. The minimum absolute atomic E-state index is 0.0412. The Bertz CT molecular complexity index is 292. The second kappa shape index (κ2) is 8.06. The number of hydrogen-bond acceptors (Lipinski definition) is 4. The predicted octanol–water partition coefficient (Wildman–Crippen LogP) is 0.841. The van der Waals surface area contributed by atoms with E-state index in [1.165, 1.54) is 0 Å². The van der Waals surface area contributed by atoms with Gasteiger partial charge in [0.25, 0.3) is 0 Å². The number of hydrogen-bond donors (Lipinski definition) is 1. The molecule has 0 aliphatic heterocycles. The van der Waals surface area contributed by atoms with E-state index in [4.69, 9.17) is 5.26 Å². The van der Waals surface area contributed by atoms with Gasteiger partial charge in [0.2, 0.25) is 5.91 Å². The van der Waals surface area contributed by atoms with Gasteiger partial charge in [0, 0.05) is 33.1 Å². The van der Waals surface area contributed by atoms with Crippen LogP contribution in [0.5, 0.6) is 0 Å². The Morgan fingerprint density at radius 2 is 2.00 bits per heavy atom. The van der Waals surface area contributed by atoms with Crippen LogP contribution in [0.1, 0.15) is 33.6 Å². The highest BCUT2D eigenvalue weighted by Crippen LogP contribution is 2.05. The molecule has 0 rings (SSSR count). The molecule has 0 radical (unpaired) electrons. The van der Waals surface area contributed by atoms with Crippen molar-refractivity contribution in [2.24, 2.45) is 0 Å². The van der Waals surface area contributed by atoms with E-state index in [1.54, 1.807) is 25.8 Å². The van der Waals surface area contributed by atoms with Gasteiger partial charge < -0.3 is 14.9 Å². The normalized spacial score (nSPS) is 11.4. The van der Waals surface area contributed by atoms with Gasteiger partial charge in [-0.1, -0.05) is 6.92 Å². The molecule has 5 nitrogen and oxygen atoms in total. The maximum Gasteiger partial charge on any atom is 0.223 e. The van der Waals surface area contributed by atoms with E-state index in [-0.39, 0.29) is 5.91 Å². The summed E-state index contributed by atoms with van der Waals surface area (Å²) in [6.45, 7) is 8.00. The molecular weight excluding hydrogens is 230 g/mol. The summed E-state index contributed by atoms with van der Waals surface area (Å²) < 4.78 is 0. The molecule has 0 aliphatic carbocycles. The first-order chi connectivity index (χ1) is 8.30. The lowest BCUT2D eigenvalue weighted by molar-refractivity contribution is -0.130. The van der Waals surface area contributed by atoms with E-state index < -0.39 is 5.60 Å². The summed E-state index contributed by atoms with van der Waals surface area (Å²) in [5, 5.41) is 18.2. The number of nitrogens with zero attached hydrogens (tertiary/aromatic N) is 3. The second-order valence-corrected chi connectivity index (χ2v) is 5.15. The third-order valence-electron chi connectivity index (χ3n) is 2.68. The summed E-state index contributed by atoms with van der Waals surface area (Å²) in [4.78, 5) is 15.4. The Hall–Kier alpha value is -1.12. The minimum atomic E-state index is -0.744. The molecule has 0 heterocycles. The maximum atomic E-state index is 11.8. The van der Waals surface area contributed by atoms with Gasteiger partial charge in [0.15, 0.2) is 0 Å². The molecule has 1 amide bonds. The average molecular weight is 255 g/mol. The van der Waals surface area contributed by atoms with Gasteiger partial charge in [0.05, 0.1) is 18.1 Å². The molecule has 0 aromatic carbocycles. The molecule has 0 aromatic heterocycles. The molecule has 0 saturated heterocycles. The SMILES string of the molecule is CCN(CCC(=O)N(C)CCC#N)CC(C)(C)O. The zero-order valence-electron chi connectivity index (χ0n) is 11.9. The molecular formula is C13H25N3O2. The number of likely N-dealkylation sites (N-methyl/N-ethyl adjacent to an activating group) is 1. The van der Waals surface area contributed by atoms with Gasteiger partial charge >= 0.3 is 0 Å². The van der Waals surface area contributed by atoms with E-state index in [9.17, 15) is 9.90 Å². The molecule has 1 N–H and O–H groups in total. The third kappa shape index (κ3) is 8.04. The summed E-state index contributed by atoms with van der Waals surface area (Å²) in [5.41, 5.74) is -0.744. The van der Waals surface area contributed by atoms with Gasteiger partial charge in [-0.15, -0.1) is 0 Å². The Morgan fingerprint density at radius 1 is 1.39 bits per heavy atom. The predicted molar refractivity (Wildman–Crippen MR) is 70.9 cm³/mol. The summed E-state index contributed by atoms with van der Waals surface area (Å²) in [7, 11) is 1.71. The number of nitriles is 1. The largest absolute Gasteiger partial charge is 0.389 e. The molecule has 5 heteroatoms. The Morgan fingerprint density at radius 3 is 2.44 bits per heavy atom. The molecule has 0 aromatic rings. The molecule has 104 valence electrons. The Labute approximate surface area is 110 Å². The van der Waals surface area contributed by atoms with Gasteiger partial charge in [0.1, 0.15) is 0 Å². The van der Waals surface area contributed by atoms with Crippen LogP contribution in [0, 0.1) is 11.3 Å². The van der Waals surface area contributed by atoms with Crippen molar-refractivity contribution in [1.29, 1.82) is 5.26 Å². The van der Waals surface area contributed by atoms with Gasteiger partial charge in [-0.2, -0.15) is 5.26 Å². The number of amides is 1. The molecule has 18 heavy (non-hydrogen) atoms. The van der Waals surface area contributed by atoms with Crippen molar-refractivity contribution in [3.05, 3.63) is 0 Å². The zero-order chi connectivity index (χ0) is 14.2. The third-order valence-corrected chi connectivity index (χ3v) is 2.68. The van der Waals surface area contributed by atoms with E-state index in [1.807, 2.05) is 13.0 Å². The lowest BCUT2D eigenvalue weighted by Crippen LogP contribution is -2.40. The van der Waals surface area contributed by atoms with Crippen LogP contribution < -0.4 is 0 Å². The van der Waals surface area contributed by atoms with E-state index in [0.29, 0.717) is 32.5 Å². The minimum Gasteiger partial charge on any atom is -0.389 e. The smallest absolute Gasteiger partial charge is 0.223 e. The molecule has 0 fully saturated rings. The topological polar surface area (TPSA) is 67.6 Å². The van der Waals surface area contributed by atoms with Crippen molar-refractivity contribution >= 4 is 5.91 Å². The van der Waals surface area contributed by atoms with Gasteiger partial charge in [-0.05, 0) is 20.4 Å². The van der Waals surface area contributed by atoms with Crippen molar-refractivity contribution in [2.75, 3.05) is 33.2 Å². The Balaban J connectivity index is 4.05. The molecule has 0 spiro atoms. The van der Waals surface area contributed by atoms with Crippen molar-refractivity contribution in [1.82, 2.24) is 9.80 Å². The van der Waals surface area contributed by atoms with E-state index in [0.717, 1.165) is 6.54 Å². The summed E-state index contributed by atoms with van der Waals surface area (Å²) >= 11 is 0. The van der Waals surface area contributed by atoms with Crippen LogP contribution in [0.3, 0.4) is 0 Å². The summed E-state index contributed by atoms with van der Waals surface area (Å²) in [6.07, 6.45) is 0.787. The fraction of sp³-hybridized carbons (Fsp3) is 0.846. The van der Waals surface area contributed by atoms with Crippen molar-refractivity contribution in [3.63, 3.8) is 0 Å². The van der Waals surface area contributed by atoms with Crippen LogP contribution in [-0.2, 0) is 4.79 Å². The summed E-state index contributed by atoms with van der Waals surface area (Å²) in [5.74, 6) is 0.0412. The van der Waals surface area contributed by atoms with E-state index in [2.05, 4.69) is 4.90 Å². The highest BCUT2D eigenvalue weighted by molar-refractivity contribution is 5.76. The van der Waals surface area contributed by atoms with Crippen molar-refractivity contribution < 1.29 is 9.90 Å². The summed E-state index contributed by atoms with van der Waals surface area (Å²) in [6, 6.07) is 2.02. The quantitative estimate of drug-likeness (QED) is 0.698. The standard InChI is InChI=1S/C13H25N3O2/c1-5-16(11-13(2,3)18)10-7-12(17)15(4)9-6-8-14/h18H,5-7,9-11H2,1-4H3. The molecule has 0 aliphatic rings. The van der Waals surface area contributed by atoms with E-state index >= 15 is 0 Å². The van der Waals surface area contributed by atoms with Crippen LogP contribution in [0.2, 0.25) is 0 Å². The van der Waals surface area contributed by atoms with Crippen LogP contribution in [0.15, 0.2) is 0 Å². The van der Waals surface area contributed by atoms with Crippen molar-refractivity contribution in [2.45, 2.75) is 39.2 Å². The lowest BCUT2D eigenvalue weighted by Gasteiger charge is -2.28. The molecule has 0 atom stereocenters. The first-order valence-corrected chi connectivity index (χ1v) is 6.35. The second-order valence-electron chi connectivity index (χ2n) is 5.15. The fourth-order valence-corrected chi connectivity index (χ4v) is 1.68. The number of carbonyl (C=O) groups is 1. The first kappa shape index (κ1) is 16.9. The van der Waals surface area contributed by atoms with Crippen molar-refractivity contribution in [3.8, 4) is 6.07 Å². The number of aliphatic hydroxyl groups is 1. The Kier molecular flexibility index (Phi) is 7.56. The monoisotopic (exact) mass is 255 g/mol. The fourth-order valence-electron chi connectivity index (χ4n) is 1.68. The highest BCUT2D eigenvalue weighted by Gasteiger charge is 2.18. The molecule has 0 bridgehead atoms. The van der Waals surface area contributed by atoms with Crippen LogP contribution in [-0.4, -0.2) is 59.6 Å². The van der Waals surface area contributed by atoms with Crippen LogP contribution >= 0.6 is 0 Å². The first-order valence-electron chi connectivity index (χ1n) is 6.35. The van der Waals surface area contributed by atoms with Gasteiger partial charge in [-0.3, -0.25) is 4.79 Å². The number of rotatable bonds is 8. The highest BCUT2D eigenvalue weighted by atomic mass is 16.3. The van der Waals surface area contributed by atoms with Crippen LogP contribution in [0.4, 0.5) is 0 Å². The molecule has 0 unspecified atom stereocenters. The maximum absolute atomic E-state index is 11.8. The lowest BCUT2D eigenvalue weighted by atomic mass is 10.1. The average Bonchev–Trinajstić information content (AvgIpc) is 2.29. The van der Waals surface area contributed by atoms with Gasteiger partial charge in [-0.25, -0.2) is 0 Å². The molecule has 0 saturated carbocycles. The van der Waals surface area contributed by atoms with Crippen LogP contribution in [0.25, 0.3) is 0 Å². The number of carbonyl (C=O) groups excluding carboxylic acids is 1.